The number of nitrogens with one attached hydrogen (secondary N) is 2. The van der Waals surface area contributed by atoms with E-state index in [2.05, 4.69) is 10.6 Å². The highest BCUT2D eigenvalue weighted by Gasteiger charge is 2.40. The molecule has 2 atom stereocenters. The van der Waals surface area contributed by atoms with Gasteiger partial charge in [-0.1, -0.05) is 55.5 Å². The molecule has 0 saturated carbocycles. The minimum absolute atomic E-state index is 0.0962. The predicted molar refractivity (Wildman–Crippen MR) is 125 cm³/mol. The molecule has 0 radical (unpaired) electrons. The molecule has 9 heteroatoms. The number of carboxylic acids is 1. The summed E-state index contributed by atoms with van der Waals surface area (Å²) in [6, 6.07) is 16.0. The van der Waals surface area contributed by atoms with Gasteiger partial charge in [0.25, 0.3) is 0 Å². The van der Waals surface area contributed by atoms with Gasteiger partial charge in [0.15, 0.2) is 6.10 Å². The third kappa shape index (κ3) is 5.21. The molecule has 2 amide bonds. The normalized spacial score (nSPS) is 14.9. The molecule has 34 heavy (non-hydrogen) atoms. The number of rotatable bonds is 11. The number of hydrogen-bond acceptors (Lipinski definition) is 6. The van der Waals surface area contributed by atoms with E-state index >= 15 is 0 Å². The van der Waals surface area contributed by atoms with Crippen LogP contribution in [0, 0.1) is 0 Å². The van der Waals surface area contributed by atoms with Gasteiger partial charge in [-0.2, -0.15) is 0 Å². The molecule has 0 heterocycles. The van der Waals surface area contributed by atoms with E-state index in [4.69, 9.17) is 19.3 Å². The first-order valence-corrected chi connectivity index (χ1v) is 11.0. The average Bonchev–Trinajstić information content (AvgIpc) is 3.16. The molecule has 0 aliphatic heterocycles. The smallest absolute Gasteiger partial charge is 0.408 e. The second-order valence-corrected chi connectivity index (χ2v) is 8.09. The summed E-state index contributed by atoms with van der Waals surface area (Å²) in [5.41, 5.74) is 2.94. The van der Waals surface area contributed by atoms with Crippen molar-refractivity contribution < 1.29 is 33.7 Å². The van der Waals surface area contributed by atoms with E-state index in [-0.39, 0.29) is 32.1 Å². The SMILES string of the molecule is CCC(COC)(NC(=O)OCC1c2ccccc2-c2ccccc21)C(=O)NCC(OC)C(=O)O. The van der Waals surface area contributed by atoms with Crippen molar-refractivity contribution in [2.45, 2.75) is 30.9 Å². The number of benzene rings is 2. The van der Waals surface area contributed by atoms with E-state index < -0.39 is 29.6 Å². The van der Waals surface area contributed by atoms with Crippen LogP contribution in [0.3, 0.4) is 0 Å². The van der Waals surface area contributed by atoms with Crippen molar-refractivity contribution in [2.24, 2.45) is 0 Å². The van der Waals surface area contributed by atoms with E-state index in [1.165, 1.54) is 14.2 Å². The summed E-state index contributed by atoms with van der Waals surface area (Å²) in [7, 11) is 2.65. The highest BCUT2D eigenvalue weighted by molar-refractivity contribution is 5.90. The van der Waals surface area contributed by atoms with Crippen molar-refractivity contribution in [1.82, 2.24) is 10.6 Å². The number of fused-ring (bicyclic) bond motifs is 3. The molecule has 2 unspecified atom stereocenters. The van der Waals surface area contributed by atoms with Crippen LogP contribution in [0.15, 0.2) is 48.5 Å². The minimum Gasteiger partial charge on any atom is -0.479 e. The molecule has 1 aliphatic carbocycles. The lowest BCUT2D eigenvalue weighted by Gasteiger charge is -2.31. The van der Waals surface area contributed by atoms with Crippen LogP contribution in [0.25, 0.3) is 11.1 Å². The van der Waals surface area contributed by atoms with Gasteiger partial charge in [0, 0.05) is 20.1 Å². The molecule has 3 rings (SSSR count). The monoisotopic (exact) mass is 470 g/mol. The first-order chi connectivity index (χ1) is 16.4. The third-order valence-corrected chi connectivity index (χ3v) is 6.12. The lowest BCUT2D eigenvalue weighted by molar-refractivity contribution is -0.148. The Balaban J connectivity index is 1.70. The second kappa shape index (κ2) is 11.1. The molecule has 0 aromatic heterocycles. The number of alkyl carbamates (subject to hydrolysis) is 1. The molecule has 182 valence electrons. The van der Waals surface area contributed by atoms with Crippen LogP contribution in [-0.4, -0.2) is 68.7 Å². The Kier molecular flexibility index (Phi) is 8.25. The summed E-state index contributed by atoms with van der Waals surface area (Å²) in [5, 5.41) is 14.3. The van der Waals surface area contributed by atoms with Crippen LogP contribution >= 0.6 is 0 Å². The molecule has 2 aromatic rings. The van der Waals surface area contributed by atoms with Crippen LogP contribution in [-0.2, 0) is 23.8 Å². The van der Waals surface area contributed by atoms with Gasteiger partial charge in [-0.15, -0.1) is 0 Å². The molecular formula is C25H30N2O7. The van der Waals surface area contributed by atoms with E-state index in [1.807, 2.05) is 48.5 Å². The van der Waals surface area contributed by atoms with Gasteiger partial charge < -0.3 is 30.0 Å². The number of ether oxygens (including phenoxy) is 3. The molecule has 1 aliphatic rings. The molecular weight excluding hydrogens is 440 g/mol. The van der Waals surface area contributed by atoms with Gasteiger partial charge in [-0.05, 0) is 28.7 Å². The Bertz CT molecular complexity index is 996. The maximum Gasteiger partial charge on any atom is 0.408 e. The van der Waals surface area contributed by atoms with Gasteiger partial charge in [0.05, 0.1) is 13.2 Å². The van der Waals surface area contributed by atoms with Crippen molar-refractivity contribution in [2.75, 3.05) is 34.0 Å². The number of aliphatic carboxylic acids is 1. The summed E-state index contributed by atoms with van der Waals surface area (Å²) in [6.07, 6.45) is -1.78. The van der Waals surface area contributed by atoms with Gasteiger partial charge in [0.1, 0.15) is 12.1 Å². The standard InChI is InChI=1S/C25H30N2O7/c1-4-25(15-32-2,23(30)26-13-21(33-3)22(28)29)27-24(31)34-14-20-18-11-7-5-9-16(18)17-10-6-8-12-19(17)20/h5-12,20-21H,4,13-15H2,1-3H3,(H,26,30)(H,27,31)(H,28,29). The van der Waals surface area contributed by atoms with Gasteiger partial charge in [-0.3, -0.25) is 4.79 Å². The summed E-state index contributed by atoms with van der Waals surface area (Å²) in [6.45, 7) is 1.43. The Morgan fingerprint density at radius 2 is 1.62 bits per heavy atom. The molecule has 0 bridgehead atoms. The molecule has 0 fully saturated rings. The van der Waals surface area contributed by atoms with E-state index in [9.17, 15) is 14.4 Å². The maximum absolute atomic E-state index is 12.9. The Morgan fingerprint density at radius 1 is 1.03 bits per heavy atom. The minimum atomic E-state index is -1.44. The largest absolute Gasteiger partial charge is 0.479 e. The van der Waals surface area contributed by atoms with Gasteiger partial charge in [-0.25, -0.2) is 9.59 Å². The van der Waals surface area contributed by atoms with Crippen molar-refractivity contribution in [3.8, 4) is 11.1 Å². The van der Waals surface area contributed by atoms with E-state index in [0.29, 0.717) is 0 Å². The van der Waals surface area contributed by atoms with Gasteiger partial charge >= 0.3 is 12.1 Å². The lowest BCUT2D eigenvalue weighted by atomic mass is 9.96. The fourth-order valence-corrected chi connectivity index (χ4v) is 4.21. The molecule has 2 aromatic carbocycles. The van der Waals surface area contributed by atoms with Crippen LogP contribution in [0.5, 0.6) is 0 Å². The lowest BCUT2D eigenvalue weighted by Crippen LogP contribution is -2.62. The predicted octanol–water partition coefficient (Wildman–Crippen LogP) is 2.54. The zero-order valence-corrected chi connectivity index (χ0v) is 19.5. The number of carbonyl (C=O) groups is 3. The number of hydrogen-bond donors (Lipinski definition) is 3. The third-order valence-electron chi connectivity index (χ3n) is 6.12. The van der Waals surface area contributed by atoms with Crippen LogP contribution in [0.2, 0.25) is 0 Å². The van der Waals surface area contributed by atoms with Crippen LogP contribution in [0.1, 0.15) is 30.4 Å². The molecule has 9 nitrogen and oxygen atoms in total. The number of carboxylic acid groups (broad SMARTS) is 1. The first kappa shape index (κ1) is 25.2. The fourth-order valence-electron chi connectivity index (χ4n) is 4.21. The van der Waals surface area contributed by atoms with Crippen molar-refractivity contribution in [3.63, 3.8) is 0 Å². The fraction of sp³-hybridized carbons (Fsp3) is 0.400. The number of amides is 2. The topological polar surface area (TPSA) is 123 Å². The highest BCUT2D eigenvalue weighted by atomic mass is 16.5. The van der Waals surface area contributed by atoms with Crippen molar-refractivity contribution >= 4 is 18.0 Å². The van der Waals surface area contributed by atoms with Crippen molar-refractivity contribution in [1.29, 1.82) is 0 Å². The number of methoxy groups -OCH3 is 2. The first-order valence-electron chi connectivity index (χ1n) is 11.0. The zero-order chi connectivity index (χ0) is 24.7. The van der Waals surface area contributed by atoms with Crippen LogP contribution in [0.4, 0.5) is 4.79 Å². The van der Waals surface area contributed by atoms with Crippen molar-refractivity contribution in [3.05, 3.63) is 59.7 Å². The average molecular weight is 471 g/mol. The Labute approximate surface area is 198 Å². The van der Waals surface area contributed by atoms with E-state index in [0.717, 1.165) is 22.3 Å². The molecule has 0 saturated heterocycles. The number of carbonyl (C=O) groups excluding carboxylic acids is 2. The van der Waals surface area contributed by atoms with E-state index in [1.54, 1.807) is 6.92 Å². The Morgan fingerprint density at radius 3 is 2.12 bits per heavy atom. The summed E-state index contributed by atoms with van der Waals surface area (Å²) in [4.78, 5) is 36.9. The maximum atomic E-state index is 12.9. The molecule has 3 N–H and O–H groups in total. The summed E-state index contributed by atoms with van der Waals surface area (Å²) < 4.78 is 15.6. The molecule has 0 spiro atoms. The Hall–Kier alpha value is -3.43. The summed E-state index contributed by atoms with van der Waals surface area (Å²) >= 11 is 0. The van der Waals surface area contributed by atoms with Crippen LogP contribution < -0.4 is 10.6 Å². The van der Waals surface area contributed by atoms with Gasteiger partial charge in [0.2, 0.25) is 5.91 Å². The highest BCUT2D eigenvalue weighted by Crippen LogP contribution is 2.44. The quantitative estimate of drug-likeness (QED) is 0.461. The second-order valence-electron chi connectivity index (χ2n) is 8.09. The summed E-state index contributed by atoms with van der Waals surface area (Å²) in [5.74, 6) is -1.92. The zero-order valence-electron chi connectivity index (χ0n) is 19.5.